The average Bonchev–Trinajstić information content (AvgIpc) is 3.03. The Morgan fingerprint density at radius 1 is 0.960 bits per heavy atom. The van der Waals surface area contributed by atoms with Gasteiger partial charge in [-0.15, -0.1) is 0 Å². The molecular formula is C18H16O7. The summed E-state index contributed by atoms with van der Waals surface area (Å²) in [5.74, 6) is -0.843. The predicted octanol–water partition coefficient (Wildman–Crippen LogP) is 2.78. The minimum atomic E-state index is -0.702. The van der Waals surface area contributed by atoms with Crippen LogP contribution in [0.5, 0.6) is 5.75 Å². The maximum Gasteiger partial charge on any atom is 0.338 e. The molecule has 130 valence electrons. The Hall–Kier alpha value is -3.35. The molecule has 1 aromatic heterocycles. The molecule has 25 heavy (non-hydrogen) atoms. The van der Waals surface area contributed by atoms with Crippen molar-refractivity contribution < 1.29 is 33.0 Å². The molecule has 0 radical (unpaired) electrons. The third kappa shape index (κ3) is 4.81. The van der Waals surface area contributed by atoms with Crippen LogP contribution in [0.2, 0.25) is 0 Å². The highest BCUT2D eigenvalue weighted by molar-refractivity contribution is 5.96. The second kappa shape index (κ2) is 7.96. The van der Waals surface area contributed by atoms with E-state index < -0.39 is 17.9 Å². The van der Waals surface area contributed by atoms with Crippen LogP contribution in [0.3, 0.4) is 0 Å². The minimum absolute atomic E-state index is 0.00794. The molecule has 0 N–H and O–H groups in total. The van der Waals surface area contributed by atoms with Crippen molar-refractivity contribution in [2.24, 2.45) is 0 Å². The van der Waals surface area contributed by atoms with Crippen LogP contribution in [0, 0.1) is 6.92 Å². The average molecular weight is 344 g/mol. The number of aryl methyl sites for hydroxylation is 1. The van der Waals surface area contributed by atoms with Gasteiger partial charge < -0.3 is 18.6 Å². The lowest BCUT2D eigenvalue weighted by molar-refractivity contribution is -0.128. The Kier molecular flexibility index (Phi) is 5.73. The first-order valence-electron chi connectivity index (χ1n) is 7.21. The third-order valence-electron chi connectivity index (χ3n) is 3.11. The first-order valence-corrected chi connectivity index (χ1v) is 7.21. The standard InChI is InChI=1S/C18H16O7/c1-11-4-5-14(24-11)6-7-16(19)25-15-9-12(17(20)22-2)8-13(10-15)18(21)23-3/h4-10H,1-3H3/b7-6+. The van der Waals surface area contributed by atoms with E-state index >= 15 is 0 Å². The van der Waals surface area contributed by atoms with Gasteiger partial charge in [0.05, 0.1) is 25.3 Å². The van der Waals surface area contributed by atoms with E-state index in [-0.39, 0.29) is 16.9 Å². The number of hydrogen-bond acceptors (Lipinski definition) is 7. The molecule has 0 saturated heterocycles. The van der Waals surface area contributed by atoms with E-state index in [0.717, 1.165) is 0 Å². The van der Waals surface area contributed by atoms with Gasteiger partial charge in [-0.3, -0.25) is 0 Å². The van der Waals surface area contributed by atoms with Crippen LogP contribution in [-0.4, -0.2) is 32.1 Å². The number of carbonyl (C=O) groups is 3. The van der Waals surface area contributed by atoms with Gasteiger partial charge in [-0.05, 0) is 43.3 Å². The van der Waals surface area contributed by atoms with E-state index in [1.165, 1.54) is 44.6 Å². The third-order valence-corrected chi connectivity index (χ3v) is 3.11. The Morgan fingerprint density at radius 3 is 2.04 bits per heavy atom. The lowest BCUT2D eigenvalue weighted by Gasteiger charge is -2.07. The highest BCUT2D eigenvalue weighted by Crippen LogP contribution is 2.19. The van der Waals surface area contributed by atoms with Crippen LogP contribution in [0.25, 0.3) is 6.08 Å². The Labute approximate surface area is 143 Å². The number of furan rings is 1. The molecule has 0 spiro atoms. The summed E-state index contributed by atoms with van der Waals surface area (Å²) in [5, 5.41) is 0. The fraction of sp³-hybridized carbons (Fsp3) is 0.167. The van der Waals surface area contributed by atoms with Gasteiger partial charge >= 0.3 is 17.9 Å². The highest BCUT2D eigenvalue weighted by atomic mass is 16.5. The van der Waals surface area contributed by atoms with Gasteiger partial charge in [-0.2, -0.15) is 0 Å². The van der Waals surface area contributed by atoms with E-state index in [0.29, 0.717) is 11.5 Å². The quantitative estimate of drug-likeness (QED) is 0.468. The van der Waals surface area contributed by atoms with E-state index in [1.807, 2.05) is 0 Å². The predicted molar refractivity (Wildman–Crippen MR) is 87.2 cm³/mol. The fourth-order valence-electron chi connectivity index (χ4n) is 1.97. The van der Waals surface area contributed by atoms with Crippen molar-refractivity contribution in [3.8, 4) is 5.75 Å². The van der Waals surface area contributed by atoms with E-state index in [1.54, 1.807) is 19.1 Å². The summed E-state index contributed by atoms with van der Waals surface area (Å²) in [6.45, 7) is 1.78. The molecule has 7 nitrogen and oxygen atoms in total. The number of carbonyl (C=O) groups excluding carboxylic acids is 3. The molecule has 0 fully saturated rings. The molecule has 0 atom stereocenters. The minimum Gasteiger partial charge on any atom is -0.465 e. The van der Waals surface area contributed by atoms with Crippen molar-refractivity contribution in [2.45, 2.75) is 6.92 Å². The van der Waals surface area contributed by atoms with Crippen LogP contribution >= 0.6 is 0 Å². The molecule has 1 aromatic carbocycles. The van der Waals surface area contributed by atoms with Gasteiger partial charge in [0.15, 0.2) is 0 Å². The SMILES string of the molecule is COC(=O)c1cc(OC(=O)/C=C/c2ccc(C)o2)cc(C(=O)OC)c1. The molecule has 0 amide bonds. The lowest BCUT2D eigenvalue weighted by atomic mass is 10.1. The van der Waals surface area contributed by atoms with Gasteiger partial charge in [0, 0.05) is 6.08 Å². The zero-order valence-electron chi connectivity index (χ0n) is 13.9. The molecule has 0 aliphatic heterocycles. The maximum absolute atomic E-state index is 11.9. The van der Waals surface area contributed by atoms with Crippen molar-refractivity contribution in [1.29, 1.82) is 0 Å². The zero-order valence-corrected chi connectivity index (χ0v) is 13.9. The topological polar surface area (TPSA) is 92.0 Å². The number of rotatable bonds is 5. The molecule has 0 aliphatic carbocycles. The summed E-state index contributed by atoms with van der Waals surface area (Å²) in [4.78, 5) is 35.3. The van der Waals surface area contributed by atoms with Gasteiger partial charge in [0.2, 0.25) is 0 Å². The van der Waals surface area contributed by atoms with Crippen LogP contribution in [-0.2, 0) is 14.3 Å². The van der Waals surface area contributed by atoms with Gasteiger partial charge in [-0.25, -0.2) is 14.4 Å². The van der Waals surface area contributed by atoms with Crippen LogP contribution in [0.4, 0.5) is 0 Å². The van der Waals surface area contributed by atoms with Crippen molar-refractivity contribution in [3.05, 3.63) is 59.1 Å². The molecule has 0 bridgehead atoms. The zero-order chi connectivity index (χ0) is 18.4. The molecule has 0 unspecified atom stereocenters. The summed E-state index contributed by atoms with van der Waals surface area (Å²) in [6.07, 6.45) is 2.61. The maximum atomic E-state index is 11.9. The van der Waals surface area contributed by atoms with Gasteiger partial charge in [0.1, 0.15) is 17.3 Å². The van der Waals surface area contributed by atoms with E-state index in [2.05, 4.69) is 9.47 Å². The molecule has 0 aliphatic rings. The van der Waals surface area contributed by atoms with E-state index in [4.69, 9.17) is 9.15 Å². The number of ether oxygens (including phenoxy) is 3. The van der Waals surface area contributed by atoms with Gasteiger partial charge in [0.25, 0.3) is 0 Å². The second-order valence-electron chi connectivity index (χ2n) is 4.93. The van der Waals surface area contributed by atoms with Crippen molar-refractivity contribution >= 4 is 24.0 Å². The van der Waals surface area contributed by atoms with Crippen LogP contribution in [0.15, 0.2) is 40.8 Å². The molecular weight excluding hydrogens is 328 g/mol. The van der Waals surface area contributed by atoms with Crippen LogP contribution < -0.4 is 4.74 Å². The summed E-state index contributed by atoms with van der Waals surface area (Å²) >= 11 is 0. The first-order chi connectivity index (χ1) is 11.9. The normalized spacial score (nSPS) is 10.5. The highest BCUT2D eigenvalue weighted by Gasteiger charge is 2.15. The van der Waals surface area contributed by atoms with Crippen LogP contribution in [0.1, 0.15) is 32.2 Å². The van der Waals surface area contributed by atoms with Crippen molar-refractivity contribution in [3.63, 3.8) is 0 Å². The number of methoxy groups -OCH3 is 2. The van der Waals surface area contributed by atoms with E-state index in [9.17, 15) is 14.4 Å². The monoisotopic (exact) mass is 344 g/mol. The Bertz CT molecular complexity index is 795. The second-order valence-corrected chi connectivity index (χ2v) is 4.93. The smallest absolute Gasteiger partial charge is 0.338 e. The van der Waals surface area contributed by atoms with Crippen molar-refractivity contribution in [2.75, 3.05) is 14.2 Å². The molecule has 2 rings (SSSR count). The first kappa shape index (κ1) is 18.0. The summed E-state index contributed by atoms with van der Waals surface area (Å²) in [5.41, 5.74) is 0.109. The summed E-state index contributed by atoms with van der Waals surface area (Å²) < 4.78 is 19.7. The molecule has 0 saturated carbocycles. The molecule has 2 aromatic rings. The van der Waals surface area contributed by atoms with Crippen molar-refractivity contribution in [1.82, 2.24) is 0 Å². The largest absolute Gasteiger partial charge is 0.465 e. The molecule has 7 heteroatoms. The molecule has 1 heterocycles. The number of esters is 3. The fourth-order valence-corrected chi connectivity index (χ4v) is 1.97. The number of hydrogen-bond donors (Lipinski definition) is 0. The Balaban J connectivity index is 2.22. The summed E-state index contributed by atoms with van der Waals surface area (Å²) in [6, 6.07) is 7.33. The van der Waals surface area contributed by atoms with Gasteiger partial charge in [-0.1, -0.05) is 0 Å². The Morgan fingerprint density at radius 2 is 1.56 bits per heavy atom. The lowest BCUT2D eigenvalue weighted by Crippen LogP contribution is -2.09. The summed E-state index contributed by atoms with van der Waals surface area (Å²) in [7, 11) is 2.40. The number of benzene rings is 1.